The topological polar surface area (TPSA) is 59.7 Å². The van der Waals surface area contributed by atoms with Gasteiger partial charge in [0.1, 0.15) is 11.3 Å². The Hall–Kier alpha value is -2.43. The second kappa shape index (κ2) is 6.77. The molecule has 0 spiro atoms. The van der Waals surface area contributed by atoms with Crippen molar-refractivity contribution in [1.29, 1.82) is 0 Å². The van der Waals surface area contributed by atoms with Crippen molar-refractivity contribution in [2.24, 2.45) is 0 Å². The average molecular weight is 310 g/mol. The van der Waals surface area contributed by atoms with E-state index in [1.54, 1.807) is 13.0 Å². The number of benzene rings is 2. The SMILES string of the molecule is Cc1c(-c2ccccc2)oc2c(COCCO)cccc2c1=O. The van der Waals surface area contributed by atoms with Crippen LogP contribution in [0.3, 0.4) is 0 Å². The minimum Gasteiger partial charge on any atom is -0.455 e. The van der Waals surface area contributed by atoms with Crippen LogP contribution in [-0.2, 0) is 11.3 Å². The zero-order valence-corrected chi connectivity index (χ0v) is 12.9. The monoisotopic (exact) mass is 310 g/mol. The summed E-state index contributed by atoms with van der Waals surface area (Å²) in [7, 11) is 0. The van der Waals surface area contributed by atoms with E-state index in [0.29, 0.717) is 22.3 Å². The van der Waals surface area contributed by atoms with Gasteiger partial charge in [-0.1, -0.05) is 42.5 Å². The van der Waals surface area contributed by atoms with E-state index in [0.717, 1.165) is 11.1 Å². The Morgan fingerprint density at radius 2 is 1.87 bits per heavy atom. The number of aliphatic hydroxyl groups excluding tert-OH is 1. The summed E-state index contributed by atoms with van der Waals surface area (Å²) < 4.78 is 11.5. The predicted octanol–water partition coefficient (Wildman–Crippen LogP) is 3.28. The summed E-state index contributed by atoms with van der Waals surface area (Å²) in [5, 5.41) is 9.38. The molecule has 118 valence electrons. The van der Waals surface area contributed by atoms with Gasteiger partial charge in [-0.2, -0.15) is 0 Å². The van der Waals surface area contributed by atoms with E-state index in [4.69, 9.17) is 14.3 Å². The summed E-state index contributed by atoms with van der Waals surface area (Å²) in [6.07, 6.45) is 0. The number of para-hydroxylation sites is 1. The lowest BCUT2D eigenvalue weighted by molar-refractivity contribution is 0.0817. The van der Waals surface area contributed by atoms with Gasteiger partial charge in [-0.3, -0.25) is 4.79 Å². The lowest BCUT2D eigenvalue weighted by Gasteiger charge is -2.10. The minimum atomic E-state index is -0.0386. The van der Waals surface area contributed by atoms with Crippen molar-refractivity contribution < 1.29 is 14.3 Å². The van der Waals surface area contributed by atoms with E-state index in [2.05, 4.69) is 0 Å². The fourth-order valence-electron chi connectivity index (χ4n) is 2.59. The van der Waals surface area contributed by atoms with Crippen LogP contribution in [0.15, 0.2) is 57.7 Å². The minimum absolute atomic E-state index is 0.0332. The maximum Gasteiger partial charge on any atom is 0.196 e. The van der Waals surface area contributed by atoms with Crippen molar-refractivity contribution in [3.05, 3.63) is 69.9 Å². The summed E-state index contributed by atoms with van der Waals surface area (Å²) in [5.41, 5.74) is 2.77. The zero-order valence-electron chi connectivity index (χ0n) is 12.9. The van der Waals surface area contributed by atoms with E-state index in [-0.39, 0.29) is 25.2 Å². The van der Waals surface area contributed by atoms with Crippen LogP contribution in [-0.4, -0.2) is 18.3 Å². The number of aliphatic hydroxyl groups is 1. The molecular weight excluding hydrogens is 292 g/mol. The molecule has 23 heavy (non-hydrogen) atoms. The number of fused-ring (bicyclic) bond motifs is 1. The standard InChI is InChI=1S/C19H18O4/c1-13-17(21)16-9-5-8-15(12-22-11-10-20)19(16)23-18(13)14-6-3-2-4-7-14/h2-9,20H,10-12H2,1H3. The van der Waals surface area contributed by atoms with Crippen molar-refractivity contribution in [2.45, 2.75) is 13.5 Å². The normalized spacial score (nSPS) is 11.0. The molecule has 3 aromatic rings. The summed E-state index contributed by atoms with van der Waals surface area (Å²) >= 11 is 0. The van der Waals surface area contributed by atoms with Crippen molar-refractivity contribution in [2.75, 3.05) is 13.2 Å². The van der Waals surface area contributed by atoms with E-state index in [1.165, 1.54) is 0 Å². The van der Waals surface area contributed by atoms with Crippen LogP contribution in [0.1, 0.15) is 11.1 Å². The van der Waals surface area contributed by atoms with E-state index < -0.39 is 0 Å². The summed E-state index contributed by atoms with van der Waals surface area (Å²) in [5.74, 6) is 0.581. The van der Waals surface area contributed by atoms with Crippen LogP contribution in [0, 0.1) is 6.92 Å². The molecule has 0 aliphatic rings. The van der Waals surface area contributed by atoms with Gasteiger partial charge >= 0.3 is 0 Å². The summed E-state index contributed by atoms with van der Waals surface area (Å²) in [4.78, 5) is 12.7. The Labute approximate surface area is 134 Å². The Morgan fingerprint density at radius 1 is 1.09 bits per heavy atom. The molecule has 0 saturated heterocycles. The van der Waals surface area contributed by atoms with Crippen LogP contribution in [0.4, 0.5) is 0 Å². The highest BCUT2D eigenvalue weighted by Crippen LogP contribution is 2.27. The first-order valence-electron chi connectivity index (χ1n) is 7.51. The van der Waals surface area contributed by atoms with Gasteiger partial charge in [-0.05, 0) is 13.0 Å². The molecule has 4 nitrogen and oxygen atoms in total. The molecule has 4 heteroatoms. The third-order valence-electron chi connectivity index (χ3n) is 3.76. The molecule has 0 saturated carbocycles. The number of ether oxygens (including phenoxy) is 1. The molecule has 0 radical (unpaired) electrons. The molecule has 0 unspecified atom stereocenters. The average Bonchev–Trinajstić information content (AvgIpc) is 2.59. The Kier molecular flexibility index (Phi) is 4.55. The fraction of sp³-hybridized carbons (Fsp3) is 0.211. The van der Waals surface area contributed by atoms with Crippen molar-refractivity contribution in [3.63, 3.8) is 0 Å². The molecule has 3 rings (SSSR count). The highest BCUT2D eigenvalue weighted by Gasteiger charge is 2.14. The molecule has 1 N–H and O–H groups in total. The maximum atomic E-state index is 12.7. The van der Waals surface area contributed by atoms with Crippen LogP contribution in [0.5, 0.6) is 0 Å². The lowest BCUT2D eigenvalue weighted by atomic mass is 10.0. The maximum absolute atomic E-state index is 12.7. The van der Waals surface area contributed by atoms with Gasteiger partial charge < -0.3 is 14.3 Å². The van der Waals surface area contributed by atoms with E-state index >= 15 is 0 Å². The lowest BCUT2D eigenvalue weighted by Crippen LogP contribution is -2.09. The van der Waals surface area contributed by atoms with Gasteiger partial charge in [0.05, 0.1) is 25.2 Å². The molecule has 0 fully saturated rings. The van der Waals surface area contributed by atoms with Crippen LogP contribution >= 0.6 is 0 Å². The smallest absolute Gasteiger partial charge is 0.196 e. The van der Waals surface area contributed by atoms with Crippen LogP contribution < -0.4 is 5.43 Å². The molecule has 1 heterocycles. The van der Waals surface area contributed by atoms with Gasteiger partial charge in [-0.25, -0.2) is 0 Å². The molecule has 0 aliphatic carbocycles. The van der Waals surface area contributed by atoms with Crippen LogP contribution in [0.25, 0.3) is 22.3 Å². The third-order valence-corrected chi connectivity index (χ3v) is 3.76. The predicted molar refractivity (Wildman–Crippen MR) is 89.4 cm³/mol. The summed E-state index contributed by atoms with van der Waals surface area (Å²) in [6.45, 7) is 2.28. The second-order valence-electron chi connectivity index (χ2n) is 5.32. The number of rotatable bonds is 5. The van der Waals surface area contributed by atoms with E-state index in [1.807, 2.05) is 42.5 Å². The van der Waals surface area contributed by atoms with Gasteiger partial charge in [0, 0.05) is 16.7 Å². The first-order valence-corrected chi connectivity index (χ1v) is 7.51. The molecule has 0 atom stereocenters. The zero-order chi connectivity index (χ0) is 16.2. The molecule has 0 amide bonds. The third kappa shape index (κ3) is 3.04. The van der Waals surface area contributed by atoms with Gasteiger partial charge in [0.2, 0.25) is 0 Å². The highest BCUT2D eigenvalue weighted by atomic mass is 16.5. The van der Waals surface area contributed by atoms with Crippen molar-refractivity contribution >= 4 is 11.0 Å². The largest absolute Gasteiger partial charge is 0.455 e. The Bertz CT molecular complexity index is 866. The van der Waals surface area contributed by atoms with Gasteiger partial charge in [-0.15, -0.1) is 0 Å². The summed E-state index contributed by atoms with van der Waals surface area (Å²) in [6, 6.07) is 15.0. The van der Waals surface area contributed by atoms with Crippen molar-refractivity contribution in [1.82, 2.24) is 0 Å². The Balaban J connectivity index is 2.18. The molecule has 0 aliphatic heterocycles. The number of hydrogen-bond acceptors (Lipinski definition) is 4. The van der Waals surface area contributed by atoms with Crippen LogP contribution in [0.2, 0.25) is 0 Å². The van der Waals surface area contributed by atoms with E-state index in [9.17, 15) is 4.79 Å². The highest BCUT2D eigenvalue weighted by molar-refractivity contribution is 5.83. The fourth-order valence-corrected chi connectivity index (χ4v) is 2.59. The molecule has 0 bridgehead atoms. The van der Waals surface area contributed by atoms with Gasteiger partial charge in [0.25, 0.3) is 0 Å². The molecule has 1 aromatic heterocycles. The van der Waals surface area contributed by atoms with Crippen molar-refractivity contribution in [3.8, 4) is 11.3 Å². The first kappa shape index (κ1) is 15.5. The quantitative estimate of drug-likeness (QED) is 0.735. The molecule has 2 aromatic carbocycles. The number of hydrogen-bond donors (Lipinski definition) is 1. The van der Waals surface area contributed by atoms with Gasteiger partial charge in [0.15, 0.2) is 5.43 Å². The Morgan fingerprint density at radius 3 is 2.61 bits per heavy atom. The second-order valence-corrected chi connectivity index (χ2v) is 5.32. The first-order chi connectivity index (χ1) is 11.2. The molecular formula is C19H18O4.